The Labute approximate surface area is 109 Å². The van der Waals surface area contributed by atoms with Crippen LogP contribution in [0.2, 0.25) is 0 Å². The summed E-state index contributed by atoms with van der Waals surface area (Å²) in [7, 11) is 0. The number of nitrogens with zero attached hydrogens (tertiary/aromatic N) is 1. The van der Waals surface area contributed by atoms with Crippen molar-refractivity contribution in [3.05, 3.63) is 27.9 Å². The second-order valence-corrected chi connectivity index (χ2v) is 5.82. The predicted molar refractivity (Wildman–Crippen MR) is 66.0 cm³/mol. The molecule has 0 unspecified atom stereocenters. The lowest BCUT2D eigenvalue weighted by atomic mass is 10.2. The highest BCUT2D eigenvalue weighted by molar-refractivity contribution is 5.93. The van der Waals surface area contributed by atoms with Gasteiger partial charge in [0, 0.05) is 17.9 Å². The Kier molecular flexibility index (Phi) is 2.15. The average molecular weight is 261 g/mol. The van der Waals surface area contributed by atoms with Crippen molar-refractivity contribution in [3.8, 4) is 0 Å². The Bertz CT molecular complexity index is 607. The van der Waals surface area contributed by atoms with Crippen molar-refractivity contribution in [1.29, 1.82) is 0 Å². The van der Waals surface area contributed by atoms with Crippen LogP contribution in [0.15, 0.2) is 10.9 Å². The van der Waals surface area contributed by atoms with Crippen molar-refractivity contribution in [1.82, 2.24) is 15.3 Å². The van der Waals surface area contributed by atoms with E-state index in [9.17, 15) is 9.59 Å². The van der Waals surface area contributed by atoms with Gasteiger partial charge in [0.25, 0.3) is 11.5 Å². The molecular formula is C13H15N3O3. The third-order valence-electron chi connectivity index (χ3n) is 4.23. The van der Waals surface area contributed by atoms with E-state index in [1.165, 1.54) is 6.07 Å². The molecule has 100 valence electrons. The van der Waals surface area contributed by atoms with Crippen molar-refractivity contribution in [3.63, 3.8) is 0 Å². The fourth-order valence-electron chi connectivity index (χ4n) is 2.78. The average Bonchev–Trinajstić information content (AvgIpc) is 3.28. The number of fused-ring (bicyclic) bond motifs is 1. The lowest BCUT2D eigenvalue weighted by molar-refractivity contribution is 0.0900. The first-order valence-electron chi connectivity index (χ1n) is 6.68. The van der Waals surface area contributed by atoms with Crippen molar-refractivity contribution in [2.45, 2.75) is 30.7 Å². The Morgan fingerprint density at radius 1 is 1.53 bits per heavy atom. The van der Waals surface area contributed by atoms with E-state index in [1.54, 1.807) is 0 Å². The number of aromatic nitrogens is 2. The minimum Gasteiger partial charge on any atom is -0.379 e. The molecule has 3 fully saturated rings. The second-order valence-electron chi connectivity index (χ2n) is 5.82. The molecular weight excluding hydrogens is 246 g/mol. The minimum atomic E-state index is -0.263. The molecule has 4 rings (SSSR count). The molecule has 3 aliphatic rings. The van der Waals surface area contributed by atoms with Crippen LogP contribution in [0.4, 0.5) is 0 Å². The van der Waals surface area contributed by atoms with E-state index in [4.69, 9.17) is 4.74 Å². The number of aromatic amines is 1. The first-order valence-corrected chi connectivity index (χ1v) is 6.68. The van der Waals surface area contributed by atoms with E-state index in [-0.39, 0.29) is 22.7 Å². The summed E-state index contributed by atoms with van der Waals surface area (Å²) >= 11 is 0. The number of amides is 1. The second kappa shape index (κ2) is 3.66. The van der Waals surface area contributed by atoms with E-state index in [0.29, 0.717) is 24.3 Å². The number of ether oxygens (including phenoxy) is 1. The van der Waals surface area contributed by atoms with Crippen molar-refractivity contribution >= 4 is 5.91 Å². The molecule has 0 bridgehead atoms. The van der Waals surface area contributed by atoms with Crippen LogP contribution in [0.25, 0.3) is 0 Å². The zero-order chi connectivity index (χ0) is 13.0. The quantitative estimate of drug-likeness (QED) is 0.812. The summed E-state index contributed by atoms with van der Waals surface area (Å²) in [6, 6.07) is 1.27. The Balaban J connectivity index is 1.58. The first kappa shape index (κ1) is 11.2. The molecule has 6 nitrogen and oxygen atoms in total. The van der Waals surface area contributed by atoms with Gasteiger partial charge in [-0.2, -0.15) is 0 Å². The molecule has 2 N–H and O–H groups in total. The third kappa shape index (κ3) is 1.87. The fourth-order valence-corrected chi connectivity index (χ4v) is 2.78. The number of nitrogens with one attached hydrogen (secondary N) is 2. The molecule has 0 radical (unpaired) electrons. The van der Waals surface area contributed by atoms with Gasteiger partial charge in [-0.25, -0.2) is 4.98 Å². The standard InChI is InChI=1S/C13H15N3O3/c17-10-3-9(14-11(15-10)7-1-2-7)12(18)16-13-4-8(13)5-19-6-13/h3,7-8H,1-2,4-6H2,(H,16,18)(H,14,15,17)/t8-,13-/m0/s1. The highest BCUT2D eigenvalue weighted by Gasteiger charge is 2.59. The van der Waals surface area contributed by atoms with Gasteiger partial charge in [-0.1, -0.05) is 0 Å². The van der Waals surface area contributed by atoms with E-state index in [1.807, 2.05) is 0 Å². The van der Waals surface area contributed by atoms with E-state index in [2.05, 4.69) is 15.3 Å². The maximum Gasteiger partial charge on any atom is 0.270 e. The predicted octanol–water partition coefficient (Wildman–Crippen LogP) is 0.166. The first-order chi connectivity index (χ1) is 9.16. The maximum atomic E-state index is 12.2. The topological polar surface area (TPSA) is 84.1 Å². The van der Waals surface area contributed by atoms with Crippen molar-refractivity contribution in [2.24, 2.45) is 5.92 Å². The lowest BCUT2D eigenvalue weighted by Gasteiger charge is -2.13. The Morgan fingerprint density at radius 3 is 3.00 bits per heavy atom. The summed E-state index contributed by atoms with van der Waals surface area (Å²) < 4.78 is 5.34. The number of carbonyl (C=O) groups is 1. The molecule has 0 spiro atoms. The Hall–Kier alpha value is -1.69. The zero-order valence-corrected chi connectivity index (χ0v) is 10.4. The summed E-state index contributed by atoms with van der Waals surface area (Å²) in [5.74, 6) is 1.13. The van der Waals surface area contributed by atoms with Crippen molar-refractivity contribution in [2.75, 3.05) is 13.2 Å². The summed E-state index contributed by atoms with van der Waals surface area (Å²) in [6.07, 6.45) is 3.04. The molecule has 1 aromatic rings. The highest BCUT2D eigenvalue weighted by atomic mass is 16.5. The molecule has 1 saturated heterocycles. The van der Waals surface area contributed by atoms with Gasteiger partial charge < -0.3 is 15.0 Å². The third-order valence-corrected chi connectivity index (χ3v) is 4.23. The Morgan fingerprint density at radius 2 is 2.37 bits per heavy atom. The molecule has 2 atom stereocenters. The minimum absolute atomic E-state index is 0.193. The van der Waals surface area contributed by atoms with E-state index in [0.717, 1.165) is 25.9 Å². The van der Waals surface area contributed by atoms with Crippen LogP contribution in [0.1, 0.15) is 41.5 Å². The van der Waals surface area contributed by atoms with Crippen LogP contribution in [-0.4, -0.2) is 34.6 Å². The van der Waals surface area contributed by atoms with Gasteiger partial charge in [0.05, 0.1) is 18.8 Å². The molecule has 2 aliphatic carbocycles. The van der Waals surface area contributed by atoms with Gasteiger partial charge in [0.1, 0.15) is 11.5 Å². The van der Waals surface area contributed by atoms with Crippen LogP contribution in [0.5, 0.6) is 0 Å². The van der Waals surface area contributed by atoms with Crippen LogP contribution in [-0.2, 0) is 4.74 Å². The summed E-state index contributed by atoms with van der Waals surface area (Å²) in [5.41, 5.74) is -0.228. The van der Waals surface area contributed by atoms with Gasteiger partial charge in [0.15, 0.2) is 0 Å². The molecule has 19 heavy (non-hydrogen) atoms. The highest BCUT2D eigenvalue weighted by Crippen LogP contribution is 2.48. The smallest absolute Gasteiger partial charge is 0.270 e. The molecule has 2 saturated carbocycles. The summed E-state index contributed by atoms with van der Waals surface area (Å²) in [6.45, 7) is 1.29. The molecule has 0 aromatic carbocycles. The summed E-state index contributed by atoms with van der Waals surface area (Å²) in [5, 5.41) is 2.98. The van der Waals surface area contributed by atoms with Crippen LogP contribution >= 0.6 is 0 Å². The van der Waals surface area contributed by atoms with Crippen molar-refractivity contribution < 1.29 is 9.53 Å². The van der Waals surface area contributed by atoms with Crippen LogP contribution in [0.3, 0.4) is 0 Å². The van der Waals surface area contributed by atoms with Gasteiger partial charge in [0.2, 0.25) is 0 Å². The zero-order valence-electron chi connectivity index (χ0n) is 10.4. The van der Waals surface area contributed by atoms with E-state index >= 15 is 0 Å². The van der Waals surface area contributed by atoms with Crippen LogP contribution in [0, 0.1) is 5.92 Å². The number of hydrogen-bond acceptors (Lipinski definition) is 4. The number of carbonyl (C=O) groups excluding carboxylic acids is 1. The number of H-pyrrole nitrogens is 1. The molecule has 6 heteroatoms. The SMILES string of the molecule is O=C(N[C@@]12COC[C@@H]1C2)c1cc(=O)[nH]c(C2CC2)n1. The van der Waals surface area contributed by atoms with Gasteiger partial charge in [-0.3, -0.25) is 9.59 Å². The maximum absolute atomic E-state index is 12.2. The molecule has 1 aliphatic heterocycles. The number of hydrogen-bond donors (Lipinski definition) is 2. The monoisotopic (exact) mass is 261 g/mol. The fraction of sp³-hybridized carbons (Fsp3) is 0.615. The van der Waals surface area contributed by atoms with E-state index < -0.39 is 0 Å². The molecule has 1 aromatic heterocycles. The molecule has 2 heterocycles. The van der Waals surface area contributed by atoms with Gasteiger partial charge in [-0.15, -0.1) is 0 Å². The largest absolute Gasteiger partial charge is 0.379 e. The van der Waals surface area contributed by atoms with Gasteiger partial charge in [-0.05, 0) is 19.3 Å². The normalized spacial score (nSPS) is 31.9. The summed E-state index contributed by atoms with van der Waals surface area (Å²) in [4.78, 5) is 30.8. The number of rotatable bonds is 3. The van der Waals surface area contributed by atoms with Crippen LogP contribution < -0.4 is 10.9 Å². The van der Waals surface area contributed by atoms with Gasteiger partial charge >= 0.3 is 0 Å². The molecule has 1 amide bonds. The lowest BCUT2D eigenvalue weighted by Crippen LogP contribution is -2.40.